The maximum absolute atomic E-state index is 9.44. The zero-order valence-electron chi connectivity index (χ0n) is 10.4. The summed E-state index contributed by atoms with van der Waals surface area (Å²) >= 11 is 11.2. The average Bonchev–Trinajstić information content (AvgIpc) is 1.96. The molecular formula is C12H17Cl2NO2. The van der Waals surface area contributed by atoms with Crippen molar-refractivity contribution in [1.82, 2.24) is 0 Å². The van der Waals surface area contributed by atoms with E-state index in [0.29, 0.717) is 15.7 Å². The summed E-state index contributed by atoms with van der Waals surface area (Å²) in [5, 5.41) is 1.14. The minimum Gasteiger partial charge on any atom is -0.399 e. The van der Waals surface area contributed by atoms with Crippen LogP contribution >= 0.6 is 23.2 Å². The Labute approximate surface area is 112 Å². The molecule has 1 aromatic carbocycles. The molecule has 3 nitrogen and oxygen atoms in total. The second kappa shape index (κ2) is 10.1. The van der Waals surface area contributed by atoms with Crippen molar-refractivity contribution < 1.29 is 9.59 Å². The maximum Gasteiger partial charge on any atom is 0.126 e. The lowest BCUT2D eigenvalue weighted by atomic mass is 10.3. The number of hydrogen-bond donors (Lipinski definition) is 1. The third-order valence-electron chi connectivity index (χ3n) is 0.885. The third kappa shape index (κ3) is 20.9. The molecular weight excluding hydrogens is 261 g/mol. The van der Waals surface area contributed by atoms with Gasteiger partial charge in [0, 0.05) is 15.7 Å². The highest BCUT2D eigenvalue weighted by atomic mass is 35.5. The Bertz CT molecular complexity index is 308. The van der Waals surface area contributed by atoms with Crippen LogP contribution in [0.4, 0.5) is 5.69 Å². The van der Waals surface area contributed by atoms with Crippen LogP contribution in [0.1, 0.15) is 27.7 Å². The van der Waals surface area contributed by atoms with Gasteiger partial charge in [0.05, 0.1) is 0 Å². The zero-order valence-corrected chi connectivity index (χ0v) is 11.9. The first-order valence-electron chi connectivity index (χ1n) is 4.81. The molecule has 17 heavy (non-hydrogen) atoms. The third-order valence-corrected chi connectivity index (χ3v) is 1.32. The SMILES string of the molecule is CC(C)=O.CC(C)=O.Nc1cc(Cl)cc(Cl)c1. The van der Waals surface area contributed by atoms with Gasteiger partial charge in [-0.1, -0.05) is 23.2 Å². The van der Waals surface area contributed by atoms with E-state index in [1.807, 2.05) is 0 Å². The molecule has 0 aliphatic rings. The van der Waals surface area contributed by atoms with Gasteiger partial charge in [-0.15, -0.1) is 0 Å². The number of Topliss-reactive ketones (excluding diaryl/α,β-unsaturated/α-hetero) is 2. The van der Waals surface area contributed by atoms with E-state index in [-0.39, 0.29) is 11.6 Å². The smallest absolute Gasteiger partial charge is 0.126 e. The van der Waals surface area contributed by atoms with Crippen molar-refractivity contribution in [3.05, 3.63) is 28.2 Å². The topological polar surface area (TPSA) is 60.2 Å². The predicted octanol–water partition coefficient (Wildman–Crippen LogP) is 3.77. The van der Waals surface area contributed by atoms with Gasteiger partial charge in [-0.05, 0) is 45.9 Å². The van der Waals surface area contributed by atoms with E-state index in [2.05, 4.69) is 0 Å². The maximum atomic E-state index is 9.44. The number of hydrogen-bond acceptors (Lipinski definition) is 3. The fraction of sp³-hybridized carbons (Fsp3) is 0.333. The van der Waals surface area contributed by atoms with Gasteiger partial charge < -0.3 is 15.3 Å². The molecule has 0 fully saturated rings. The van der Waals surface area contributed by atoms with Crippen LogP contribution in [0.25, 0.3) is 0 Å². The van der Waals surface area contributed by atoms with E-state index >= 15 is 0 Å². The number of anilines is 1. The van der Waals surface area contributed by atoms with Crippen molar-refractivity contribution in [2.75, 3.05) is 5.73 Å². The fourth-order valence-electron chi connectivity index (χ4n) is 0.575. The quantitative estimate of drug-likeness (QED) is 0.735. The van der Waals surface area contributed by atoms with Gasteiger partial charge in [-0.3, -0.25) is 0 Å². The molecule has 0 bridgehead atoms. The van der Waals surface area contributed by atoms with E-state index in [9.17, 15) is 9.59 Å². The molecule has 0 heterocycles. The molecule has 1 rings (SSSR count). The Kier molecular flexibility index (Phi) is 10.9. The van der Waals surface area contributed by atoms with Gasteiger partial charge in [0.15, 0.2) is 0 Å². The summed E-state index contributed by atoms with van der Waals surface area (Å²) in [6, 6.07) is 4.93. The summed E-state index contributed by atoms with van der Waals surface area (Å²) in [4.78, 5) is 18.9. The Morgan fingerprint density at radius 2 is 1.12 bits per heavy atom. The Hall–Kier alpha value is -1.06. The van der Waals surface area contributed by atoms with Gasteiger partial charge in [-0.25, -0.2) is 0 Å². The molecule has 0 aliphatic carbocycles. The number of ketones is 2. The highest BCUT2D eigenvalue weighted by molar-refractivity contribution is 6.35. The van der Waals surface area contributed by atoms with Crippen molar-refractivity contribution in [2.24, 2.45) is 0 Å². The highest BCUT2D eigenvalue weighted by Crippen LogP contribution is 2.19. The minimum atomic E-state index is 0.167. The van der Waals surface area contributed by atoms with Crippen LogP contribution < -0.4 is 5.73 Å². The van der Waals surface area contributed by atoms with Gasteiger partial charge in [0.1, 0.15) is 11.6 Å². The molecule has 5 heteroatoms. The second-order valence-electron chi connectivity index (χ2n) is 3.52. The Balaban J connectivity index is 0. The number of benzene rings is 1. The summed E-state index contributed by atoms with van der Waals surface area (Å²) < 4.78 is 0. The fourth-order valence-corrected chi connectivity index (χ4v) is 1.12. The number of nitrogens with two attached hydrogens (primary N) is 1. The first-order chi connectivity index (χ1) is 7.65. The highest BCUT2D eigenvalue weighted by Gasteiger charge is 1.91. The Morgan fingerprint density at radius 3 is 1.29 bits per heavy atom. The molecule has 0 saturated carbocycles. The second-order valence-corrected chi connectivity index (χ2v) is 4.39. The average molecular weight is 278 g/mol. The van der Waals surface area contributed by atoms with E-state index in [1.54, 1.807) is 18.2 Å². The summed E-state index contributed by atoms with van der Waals surface area (Å²) in [7, 11) is 0. The van der Waals surface area contributed by atoms with Crippen LogP contribution in [-0.4, -0.2) is 11.6 Å². The van der Waals surface area contributed by atoms with Crippen molar-refractivity contribution >= 4 is 40.5 Å². The molecule has 0 unspecified atom stereocenters. The van der Waals surface area contributed by atoms with E-state index in [1.165, 1.54) is 27.7 Å². The van der Waals surface area contributed by atoms with Crippen LogP contribution in [0.2, 0.25) is 10.0 Å². The summed E-state index contributed by atoms with van der Waals surface area (Å²) in [6.45, 7) is 6.11. The summed E-state index contributed by atoms with van der Waals surface area (Å²) in [5.74, 6) is 0.333. The van der Waals surface area contributed by atoms with Gasteiger partial charge >= 0.3 is 0 Å². The number of nitrogen functional groups attached to an aromatic ring is 1. The van der Waals surface area contributed by atoms with E-state index in [0.717, 1.165) is 0 Å². The van der Waals surface area contributed by atoms with Crippen molar-refractivity contribution in [2.45, 2.75) is 27.7 Å². The summed E-state index contributed by atoms with van der Waals surface area (Å²) in [6.07, 6.45) is 0. The van der Waals surface area contributed by atoms with Crippen LogP contribution in [0, 0.1) is 0 Å². The van der Waals surface area contributed by atoms with Crippen LogP contribution in [-0.2, 0) is 9.59 Å². The standard InChI is InChI=1S/C6H5Cl2N.2C3H6O/c7-4-1-5(8)3-6(9)2-4;2*1-3(2)4/h1-3H,9H2;2*1-2H3. The molecule has 2 N–H and O–H groups in total. The first kappa shape index (κ1) is 18.3. The number of carbonyl (C=O) groups excluding carboxylic acids is 2. The van der Waals surface area contributed by atoms with E-state index in [4.69, 9.17) is 28.9 Å². The molecule has 0 saturated heterocycles. The lowest BCUT2D eigenvalue weighted by Crippen LogP contribution is -1.82. The minimum absolute atomic E-state index is 0.167. The number of carbonyl (C=O) groups is 2. The predicted molar refractivity (Wildman–Crippen MR) is 73.6 cm³/mol. The Morgan fingerprint density at radius 1 is 0.882 bits per heavy atom. The molecule has 1 aromatic rings. The molecule has 0 spiro atoms. The lowest BCUT2D eigenvalue weighted by molar-refractivity contribution is -0.115. The zero-order chi connectivity index (χ0) is 14.0. The van der Waals surface area contributed by atoms with Gasteiger partial charge in [0.2, 0.25) is 0 Å². The number of rotatable bonds is 0. The monoisotopic (exact) mass is 277 g/mol. The number of halogens is 2. The molecule has 0 radical (unpaired) electrons. The van der Waals surface area contributed by atoms with Crippen LogP contribution in [0.3, 0.4) is 0 Å². The van der Waals surface area contributed by atoms with Gasteiger partial charge in [0.25, 0.3) is 0 Å². The van der Waals surface area contributed by atoms with E-state index < -0.39 is 0 Å². The first-order valence-corrected chi connectivity index (χ1v) is 5.56. The molecule has 0 atom stereocenters. The largest absolute Gasteiger partial charge is 0.399 e. The summed E-state index contributed by atoms with van der Waals surface area (Å²) in [5.41, 5.74) is 5.98. The molecule has 0 amide bonds. The lowest BCUT2D eigenvalue weighted by Gasteiger charge is -1.93. The van der Waals surface area contributed by atoms with Crippen LogP contribution in [0.5, 0.6) is 0 Å². The molecule has 0 aliphatic heterocycles. The van der Waals surface area contributed by atoms with Crippen LogP contribution in [0.15, 0.2) is 18.2 Å². The molecule has 0 aromatic heterocycles. The van der Waals surface area contributed by atoms with Crippen molar-refractivity contribution in [1.29, 1.82) is 0 Å². The van der Waals surface area contributed by atoms with Crippen molar-refractivity contribution in [3.8, 4) is 0 Å². The van der Waals surface area contributed by atoms with Crippen molar-refractivity contribution in [3.63, 3.8) is 0 Å². The molecule has 96 valence electrons. The van der Waals surface area contributed by atoms with Gasteiger partial charge in [-0.2, -0.15) is 0 Å². The normalized spacial score (nSPS) is 8.12.